The summed E-state index contributed by atoms with van der Waals surface area (Å²) in [6.45, 7) is 3.84. The molecule has 1 N–H and O–H groups in total. The predicted octanol–water partition coefficient (Wildman–Crippen LogP) is 5.81. The summed E-state index contributed by atoms with van der Waals surface area (Å²) in [6.07, 6.45) is 1.32. The molecule has 0 amide bonds. The van der Waals surface area contributed by atoms with Crippen molar-refractivity contribution in [3.8, 4) is 11.5 Å². The Morgan fingerprint density at radius 1 is 1.14 bits per heavy atom. The number of carbonyl (C=O) groups is 2. The number of carbonyl (C=O) groups excluding carboxylic acids is 2. The van der Waals surface area contributed by atoms with E-state index in [4.69, 9.17) is 25.8 Å². The molecule has 0 fully saturated rings. The number of rotatable bonds is 7. The summed E-state index contributed by atoms with van der Waals surface area (Å²) < 4.78 is 31.4. The SMILES string of the molecule is CCCOC(=O)C1=C(C)NC2=C(C(=O)CC(c3ccc(OC)c(OC)c3)C2)C1c1c(F)cccc1Cl. The number of hydrogen-bond donors (Lipinski definition) is 1. The standard InChI is InChI=1S/C28H29ClFNO5/c1-5-11-36-28(33)24-15(2)31-20-12-17(16-9-10-22(34-3)23(14-16)35-4)13-21(32)26(20)27(24)25-18(29)7-6-8-19(25)30/h6-10,14,17,27,31H,5,11-13H2,1-4H3. The molecule has 4 rings (SSSR count). The van der Waals surface area contributed by atoms with Crippen LogP contribution in [-0.4, -0.2) is 32.6 Å². The Morgan fingerprint density at radius 3 is 2.56 bits per heavy atom. The van der Waals surface area contributed by atoms with Gasteiger partial charge in [-0.25, -0.2) is 9.18 Å². The molecule has 0 aromatic heterocycles. The number of benzene rings is 2. The van der Waals surface area contributed by atoms with Crippen LogP contribution in [0.3, 0.4) is 0 Å². The van der Waals surface area contributed by atoms with Crippen molar-refractivity contribution in [2.75, 3.05) is 20.8 Å². The van der Waals surface area contributed by atoms with Crippen LogP contribution in [0.15, 0.2) is 58.9 Å². The Hall–Kier alpha value is -3.32. The summed E-state index contributed by atoms with van der Waals surface area (Å²) in [5.41, 5.74) is 2.75. The van der Waals surface area contributed by atoms with Gasteiger partial charge in [0.15, 0.2) is 17.3 Å². The minimum absolute atomic E-state index is 0.105. The first kappa shape index (κ1) is 25.8. The average Bonchev–Trinajstić information content (AvgIpc) is 2.86. The first-order chi connectivity index (χ1) is 17.3. The highest BCUT2D eigenvalue weighted by molar-refractivity contribution is 6.31. The molecule has 0 spiro atoms. The second kappa shape index (κ2) is 10.7. The average molecular weight is 514 g/mol. The second-order valence-corrected chi connectivity index (χ2v) is 9.31. The molecule has 0 saturated carbocycles. The van der Waals surface area contributed by atoms with Crippen molar-refractivity contribution in [3.63, 3.8) is 0 Å². The molecule has 8 heteroatoms. The molecule has 2 atom stereocenters. The van der Waals surface area contributed by atoms with Crippen molar-refractivity contribution in [3.05, 3.63) is 80.9 Å². The van der Waals surface area contributed by atoms with Crippen LogP contribution in [0, 0.1) is 5.82 Å². The monoisotopic (exact) mass is 513 g/mol. The molecular weight excluding hydrogens is 485 g/mol. The van der Waals surface area contributed by atoms with Gasteiger partial charge in [-0.05, 0) is 55.5 Å². The van der Waals surface area contributed by atoms with Crippen LogP contribution in [0.25, 0.3) is 0 Å². The van der Waals surface area contributed by atoms with E-state index < -0.39 is 17.7 Å². The summed E-state index contributed by atoms with van der Waals surface area (Å²) in [5, 5.41) is 3.41. The zero-order valence-corrected chi connectivity index (χ0v) is 21.5. The molecule has 0 bridgehead atoms. The molecule has 1 heterocycles. The zero-order valence-electron chi connectivity index (χ0n) is 20.7. The number of dihydropyridines is 1. The van der Waals surface area contributed by atoms with Crippen molar-refractivity contribution < 1.29 is 28.2 Å². The van der Waals surface area contributed by atoms with Crippen LogP contribution in [0.2, 0.25) is 5.02 Å². The van der Waals surface area contributed by atoms with E-state index in [1.165, 1.54) is 12.1 Å². The molecule has 2 aromatic carbocycles. The van der Waals surface area contributed by atoms with E-state index in [9.17, 15) is 9.59 Å². The summed E-state index contributed by atoms with van der Waals surface area (Å²) in [5.74, 6) is -1.27. The van der Waals surface area contributed by atoms with Crippen LogP contribution < -0.4 is 14.8 Å². The molecule has 2 aliphatic rings. The first-order valence-corrected chi connectivity index (χ1v) is 12.2. The van der Waals surface area contributed by atoms with E-state index in [1.807, 2.05) is 25.1 Å². The van der Waals surface area contributed by atoms with Gasteiger partial charge in [0.2, 0.25) is 0 Å². The topological polar surface area (TPSA) is 73.9 Å². The molecular formula is C28H29ClFNO5. The third-order valence-corrected chi connectivity index (χ3v) is 6.98. The Balaban J connectivity index is 1.81. The summed E-state index contributed by atoms with van der Waals surface area (Å²) >= 11 is 6.46. The van der Waals surface area contributed by atoms with Crippen LogP contribution >= 0.6 is 11.6 Å². The fraction of sp³-hybridized carbons (Fsp3) is 0.357. The maximum absolute atomic E-state index is 15.2. The van der Waals surface area contributed by atoms with E-state index in [2.05, 4.69) is 5.32 Å². The quantitative estimate of drug-likeness (QED) is 0.471. The number of esters is 1. The lowest BCUT2D eigenvalue weighted by molar-refractivity contribution is -0.139. The van der Waals surface area contributed by atoms with Crippen molar-refractivity contribution in [1.29, 1.82) is 0 Å². The van der Waals surface area contributed by atoms with E-state index in [0.29, 0.717) is 41.3 Å². The highest BCUT2D eigenvalue weighted by Gasteiger charge is 2.43. The van der Waals surface area contributed by atoms with E-state index in [0.717, 1.165) is 5.56 Å². The normalized spacial score (nSPS) is 19.6. The lowest BCUT2D eigenvalue weighted by Gasteiger charge is -2.37. The minimum atomic E-state index is -0.960. The number of methoxy groups -OCH3 is 2. The first-order valence-electron chi connectivity index (χ1n) is 11.9. The Morgan fingerprint density at radius 2 is 1.89 bits per heavy atom. The van der Waals surface area contributed by atoms with Crippen LogP contribution in [0.4, 0.5) is 4.39 Å². The summed E-state index contributed by atoms with van der Waals surface area (Å²) in [7, 11) is 3.13. The Bertz CT molecular complexity index is 1250. The van der Waals surface area contributed by atoms with E-state index in [-0.39, 0.29) is 40.9 Å². The number of Topliss-reactive ketones (excluding diaryl/α,β-unsaturated/α-hetero) is 1. The van der Waals surface area contributed by atoms with Gasteiger partial charge in [0, 0.05) is 34.0 Å². The summed E-state index contributed by atoms with van der Waals surface area (Å²) in [6, 6.07) is 9.94. The number of ether oxygens (including phenoxy) is 3. The van der Waals surface area contributed by atoms with Crippen LogP contribution in [0.1, 0.15) is 56.1 Å². The molecule has 0 radical (unpaired) electrons. The lowest BCUT2D eigenvalue weighted by Crippen LogP contribution is -2.36. The van der Waals surface area contributed by atoms with Crippen LogP contribution in [-0.2, 0) is 14.3 Å². The van der Waals surface area contributed by atoms with Gasteiger partial charge >= 0.3 is 5.97 Å². The molecule has 2 unspecified atom stereocenters. The third kappa shape index (κ3) is 4.72. The van der Waals surface area contributed by atoms with Crippen molar-refractivity contribution in [2.45, 2.75) is 44.9 Å². The molecule has 6 nitrogen and oxygen atoms in total. The van der Waals surface area contributed by atoms with E-state index >= 15 is 4.39 Å². The predicted molar refractivity (Wildman–Crippen MR) is 135 cm³/mol. The largest absolute Gasteiger partial charge is 0.493 e. The van der Waals surface area contributed by atoms with Crippen LogP contribution in [0.5, 0.6) is 11.5 Å². The van der Waals surface area contributed by atoms with Gasteiger partial charge in [-0.1, -0.05) is 30.7 Å². The molecule has 2 aromatic rings. The van der Waals surface area contributed by atoms with Crippen molar-refractivity contribution >= 4 is 23.4 Å². The van der Waals surface area contributed by atoms with Gasteiger partial charge < -0.3 is 19.5 Å². The highest BCUT2D eigenvalue weighted by atomic mass is 35.5. The lowest BCUT2D eigenvalue weighted by atomic mass is 9.71. The zero-order chi connectivity index (χ0) is 26.0. The number of ketones is 1. The van der Waals surface area contributed by atoms with Crippen molar-refractivity contribution in [2.24, 2.45) is 0 Å². The molecule has 36 heavy (non-hydrogen) atoms. The molecule has 0 saturated heterocycles. The van der Waals surface area contributed by atoms with Gasteiger partial charge in [0.1, 0.15) is 5.82 Å². The van der Waals surface area contributed by atoms with E-state index in [1.54, 1.807) is 27.2 Å². The smallest absolute Gasteiger partial charge is 0.336 e. The fourth-order valence-corrected chi connectivity index (χ4v) is 5.27. The number of nitrogens with one attached hydrogen (secondary N) is 1. The summed E-state index contributed by atoms with van der Waals surface area (Å²) in [4.78, 5) is 26.8. The molecule has 190 valence electrons. The number of halogens is 2. The van der Waals surface area contributed by atoms with Gasteiger partial charge in [0.25, 0.3) is 0 Å². The van der Waals surface area contributed by atoms with Crippen molar-refractivity contribution in [1.82, 2.24) is 5.32 Å². The maximum Gasteiger partial charge on any atom is 0.336 e. The number of hydrogen-bond acceptors (Lipinski definition) is 6. The Kier molecular flexibility index (Phi) is 7.69. The Labute approximate surface area is 215 Å². The highest BCUT2D eigenvalue weighted by Crippen LogP contribution is 2.48. The number of allylic oxidation sites excluding steroid dienone is 3. The molecule has 1 aliphatic heterocycles. The maximum atomic E-state index is 15.2. The molecule has 1 aliphatic carbocycles. The second-order valence-electron chi connectivity index (χ2n) is 8.90. The third-order valence-electron chi connectivity index (χ3n) is 6.65. The van der Waals surface area contributed by atoms with Gasteiger partial charge in [-0.3, -0.25) is 4.79 Å². The van der Waals surface area contributed by atoms with Gasteiger partial charge in [-0.2, -0.15) is 0 Å². The fourth-order valence-electron chi connectivity index (χ4n) is 5.00. The minimum Gasteiger partial charge on any atom is -0.493 e. The van der Waals surface area contributed by atoms with Gasteiger partial charge in [-0.15, -0.1) is 0 Å². The van der Waals surface area contributed by atoms with Gasteiger partial charge in [0.05, 0.1) is 32.3 Å².